The van der Waals surface area contributed by atoms with Crippen molar-refractivity contribution in [2.45, 2.75) is 12.0 Å². The number of rotatable bonds is 4. The van der Waals surface area contributed by atoms with E-state index in [9.17, 15) is 14.4 Å². The smallest absolute Gasteiger partial charge is 0.336 e. The van der Waals surface area contributed by atoms with Gasteiger partial charge in [-0.3, -0.25) is 4.79 Å². The normalized spacial score (nSPS) is 10.8. The second kappa shape index (κ2) is 3.18. The minimum Gasteiger partial charge on any atom is -0.481 e. The Kier molecular flexibility index (Phi) is 2.75. The number of hydrogen-bond donors (Lipinski definition) is 4. The number of carboxylic acid groups (broad SMARTS) is 3. The lowest BCUT2D eigenvalue weighted by atomic mass is 9.97. The molecule has 0 heterocycles. The molecule has 0 radical (unpaired) electrons. The molecule has 68 valence electrons. The summed E-state index contributed by atoms with van der Waals surface area (Å²) in [6.45, 7) is 0. The molecule has 5 N–H and O–H groups in total. The Balaban J connectivity index is 4.75. The molecule has 0 amide bonds. The van der Waals surface area contributed by atoms with Crippen molar-refractivity contribution in [3.05, 3.63) is 0 Å². The fourth-order valence-electron chi connectivity index (χ4n) is 0.481. The van der Waals surface area contributed by atoms with Gasteiger partial charge in [-0.1, -0.05) is 0 Å². The topological polar surface area (TPSA) is 138 Å². The van der Waals surface area contributed by atoms with Gasteiger partial charge in [0.2, 0.25) is 5.54 Å². The quantitative estimate of drug-likeness (QED) is 0.376. The van der Waals surface area contributed by atoms with Crippen molar-refractivity contribution in [3.8, 4) is 0 Å². The van der Waals surface area contributed by atoms with Crippen LogP contribution >= 0.6 is 0 Å². The number of aliphatic carboxylic acids is 3. The average Bonchev–Trinajstić information content (AvgIpc) is 1.84. The summed E-state index contributed by atoms with van der Waals surface area (Å²) in [6, 6.07) is 0. The van der Waals surface area contributed by atoms with Crippen LogP contribution in [0.15, 0.2) is 0 Å². The summed E-state index contributed by atoms with van der Waals surface area (Å²) >= 11 is 0. The lowest BCUT2D eigenvalue weighted by Gasteiger charge is -2.16. The third kappa shape index (κ3) is 1.92. The molecule has 0 spiro atoms. The van der Waals surface area contributed by atoms with Gasteiger partial charge in [-0.25, -0.2) is 9.59 Å². The molecule has 0 saturated carbocycles. The van der Waals surface area contributed by atoms with Gasteiger partial charge in [-0.05, 0) is 0 Å². The first-order chi connectivity index (χ1) is 5.30. The summed E-state index contributed by atoms with van der Waals surface area (Å²) in [4.78, 5) is 30.5. The summed E-state index contributed by atoms with van der Waals surface area (Å²) < 4.78 is 0. The van der Waals surface area contributed by atoms with Crippen LogP contribution in [0.5, 0.6) is 0 Å². The molecule has 0 unspecified atom stereocenters. The zero-order valence-electron chi connectivity index (χ0n) is 5.85. The third-order valence-corrected chi connectivity index (χ3v) is 1.19. The van der Waals surface area contributed by atoms with Crippen LogP contribution in [0, 0.1) is 0 Å². The first-order valence-electron chi connectivity index (χ1n) is 2.78. The van der Waals surface area contributed by atoms with Crippen LogP contribution in [0.2, 0.25) is 0 Å². The summed E-state index contributed by atoms with van der Waals surface area (Å²) in [5.74, 6) is -5.34. The van der Waals surface area contributed by atoms with Gasteiger partial charge >= 0.3 is 17.9 Å². The van der Waals surface area contributed by atoms with E-state index in [1.807, 2.05) is 0 Å². The van der Waals surface area contributed by atoms with Gasteiger partial charge in [0.05, 0.1) is 6.42 Å². The predicted octanol–water partition coefficient (Wildman–Crippen LogP) is -1.67. The van der Waals surface area contributed by atoms with Crippen molar-refractivity contribution >= 4 is 17.9 Å². The van der Waals surface area contributed by atoms with E-state index in [-0.39, 0.29) is 0 Å². The molecule has 0 atom stereocenters. The van der Waals surface area contributed by atoms with Gasteiger partial charge in [-0.15, -0.1) is 0 Å². The lowest BCUT2D eigenvalue weighted by Crippen LogP contribution is -2.56. The van der Waals surface area contributed by atoms with E-state index in [0.29, 0.717) is 0 Å². The molecule has 0 bridgehead atoms. The molecule has 0 rings (SSSR count). The van der Waals surface area contributed by atoms with E-state index in [1.165, 1.54) is 0 Å². The van der Waals surface area contributed by atoms with Gasteiger partial charge in [0, 0.05) is 0 Å². The molecule has 0 aliphatic rings. The van der Waals surface area contributed by atoms with E-state index in [2.05, 4.69) is 0 Å². The average molecular weight is 177 g/mol. The largest absolute Gasteiger partial charge is 0.481 e. The van der Waals surface area contributed by atoms with Crippen molar-refractivity contribution in [3.63, 3.8) is 0 Å². The van der Waals surface area contributed by atoms with E-state index >= 15 is 0 Å². The molecule has 7 nitrogen and oxygen atoms in total. The first-order valence-corrected chi connectivity index (χ1v) is 2.78. The summed E-state index contributed by atoms with van der Waals surface area (Å²) in [6.07, 6.45) is -1.16. The number of carbonyl (C=O) groups is 3. The highest BCUT2D eigenvalue weighted by Crippen LogP contribution is 2.07. The van der Waals surface area contributed by atoms with Crippen LogP contribution in [-0.2, 0) is 14.4 Å². The third-order valence-electron chi connectivity index (χ3n) is 1.19. The Labute approximate surface area is 66.4 Å². The zero-order valence-corrected chi connectivity index (χ0v) is 5.85. The molecule has 0 aliphatic heterocycles. The first kappa shape index (κ1) is 10.4. The number of carboxylic acids is 3. The minimum atomic E-state index is -2.74. The molecule has 0 saturated heterocycles. The monoisotopic (exact) mass is 177 g/mol. The summed E-state index contributed by atoms with van der Waals surface area (Å²) in [5.41, 5.74) is 2.06. The van der Waals surface area contributed by atoms with Gasteiger partial charge in [-0.2, -0.15) is 0 Å². The molecule has 0 fully saturated rings. The molecule has 0 aromatic heterocycles. The van der Waals surface area contributed by atoms with E-state index in [0.717, 1.165) is 0 Å². The van der Waals surface area contributed by atoms with E-state index < -0.39 is 29.9 Å². The molecular weight excluding hydrogens is 170 g/mol. The second-order valence-electron chi connectivity index (χ2n) is 2.15. The Hall–Kier alpha value is -1.63. The minimum absolute atomic E-state index is 1.16. The van der Waals surface area contributed by atoms with Crippen LogP contribution in [0.3, 0.4) is 0 Å². The zero-order chi connectivity index (χ0) is 9.94. The SMILES string of the molecule is NC(CC(=O)O)(C(=O)O)C(=O)O. The molecule has 12 heavy (non-hydrogen) atoms. The molecule has 0 aromatic rings. The van der Waals surface area contributed by atoms with Crippen molar-refractivity contribution in [1.29, 1.82) is 0 Å². The maximum Gasteiger partial charge on any atom is 0.336 e. The highest BCUT2D eigenvalue weighted by atomic mass is 16.4. The number of nitrogens with two attached hydrogens (primary N) is 1. The van der Waals surface area contributed by atoms with Gasteiger partial charge in [0.15, 0.2) is 0 Å². The second-order valence-corrected chi connectivity index (χ2v) is 2.15. The van der Waals surface area contributed by atoms with Crippen LogP contribution in [0.1, 0.15) is 6.42 Å². The van der Waals surface area contributed by atoms with Crippen molar-refractivity contribution in [1.82, 2.24) is 0 Å². The van der Waals surface area contributed by atoms with Crippen LogP contribution < -0.4 is 5.73 Å². The van der Waals surface area contributed by atoms with Crippen molar-refractivity contribution < 1.29 is 29.7 Å². The fourth-order valence-corrected chi connectivity index (χ4v) is 0.481. The Morgan fingerprint density at radius 3 is 1.50 bits per heavy atom. The van der Waals surface area contributed by atoms with E-state index in [1.54, 1.807) is 0 Å². The van der Waals surface area contributed by atoms with Gasteiger partial charge in [0.1, 0.15) is 0 Å². The molecule has 7 heteroatoms. The van der Waals surface area contributed by atoms with Crippen LogP contribution in [0.25, 0.3) is 0 Å². The predicted molar refractivity (Wildman–Crippen MR) is 34.4 cm³/mol. The lowest BCUT2D eigenvalue weighted by molar-refractivity contribution is -0.161. The fraction of sp³-hybridized carbons (Fsp3) is 0.400. The van der Waals surface area contributed by atoms with E-state index in [4.69, 9.17) is 21.1 Å². The summed E-state index contributed by atoms with van der Waals surface area (Å²) in [7, 11) is 0. The summed E-state index contributed by atoms with van der Waals surface area (Å²) in [5, 5.41) is 24.7. The van der Waals surface area contributed by atoms with Crippen molar-refractivity contribution in [2.24, 2.45) is 5.73 Å². The molecule has 0 aromatic carbocycles. The Morgan fingerprint density at radius 2 is 1.42 bits per heavy atom. The Morgan fingerprint density at radius 1 is 1.08 bits per heavy atom. The highest BCUT2D eigenvalue weighted by Gasteiger charge is 2.44. The van der Waals surface area contributed by atoms with Crippen LogP contribution in [-0.4, -0.2) is 38.8 Å². The highest BCUT2D eigenvalue weighted by molar-refractivity contribution is 6.05. The van der Waals surface area contributed by atoms with Crippen LogP contribution in [0.4, 0.5) is 0 Å². The standard InChI is InChI=1S/C5H7NO6/c6-5(3(9)10,4(11)12)1-2(7)8/h1,6H2,(H,7,8)(H,9,10)(H,11,12). The van der Waals surface area contributed by atoms with Gasteiger partial charge < -0.3 is 21.1 Å². The molecule has 0 aliphatic carbocycles. The maximum absolute atomic E-state index is 10.2. The Bertz CT molecular complexity index is 220. The number of hydrogen-bond acceptors (Lipinski definition) is 4. The van der Waals surface area contributed by atoms with Gasteiger partial charge in [0.25, 0.3) is 0 Å². The van der Waals surface area contributed by atoms with Crippen molar-refractivity contribution in [2.75, 3.05) is 0 Å². The maximum atomic E-state index is 10.2. The molecular formula is C5H7NO6.